The fourth-order valence-corrected chi connectivity index (χ4v) is 4.99. The van der Waals surface area contributed by atoms with Crippen molar-refractivity contribution < 1.29 is 23.0 Å². The molecular weight excluding hydrogens is 428 g/mol. The molecule has 0 bridgehead atoms. The lowest BCUT2D eigenvalue weighted by Crippen LogP contribution is -2.50. The summed E-state index contributed by atoms with van der Waals surface area (Å²) in [5, 5.41) is 0. The van der Waals surface area contributed by atoms with Crippen LogP contribution in [0.15, 0.2) is 36.4 Å². The van der Waals surface area contributed by atoms with Crippen LogP contribution in [0, 0.1) is 11.6 Å². The Balaban J connectivity index is 1.12. The second kappa shape index (κ2) is 9.65. The van der Waals surface area contributed by atoms with Crippen molar-refractivity contribution in [3.8, 4) is 11.5 Å². The normalized spacial score (nSPS) is 21.9. The number of piperazine rings is 1. The Labute approximate surface area is 192 Å². The van der Waals surface area contributed by atoms with Crippen molar-refractivity contribution in [3.05, 3.63) is 59.2 Å². The summed E-state index contributed by atoms with van der Waals surface area (Å²) in [6, 6.07) is 10.0. The lowest BCUT2D eigenvalue weighted by atomic mass is 10.1. The van der Waals surface area contributed by atoms with Crippen molar-refractivity contribution in [2.75, 3.05) is 39.5 Å². The molecule has 33 heavy (non-hydrogen) atoms. The van der Waals surface area contributed by atoms with Gasteiger partial charge in [-0.15, -0.1) is 0 Å². The molecule has 2 fully saturated rings. The molecule has 1 atom stereocenters. The lowest BCUT2D eigenvalue weighted by molar-refractivity contribution is -0.131. The van der Waals surface area contributed by atoms with Crippen LogP contribution in [0.3, 0.4) is 0 Å². The summed E-state index contributed by atoms with van der Waals surface area (Å²) >= 11 is 0. The summed E-state index contributed by atoms with van der Waals surface area (Å²) in [6.45, 7) is 5.85. The highest BCUT2D eigenvalue weighted by Crippen LogP contribution is 2.33. The third-order valence-electron chi connectivity index (χ3n) is 6.92. The summed E-state index contributed by atoms with van der Waals surface area (Å²) in [4.78, 5) is 19.3. The molecule has 0 unspecified atom stereocenters. The molecule has 2 saturated heterocycles. The van der Waals surface area contributed by atoms with Gasteiger partial charge in [-0.25, -0.2) is 8.78 Å². The Hall–Kier alpha value is -2.71. The van der Waals surface area contributed by atoms with Gasteiger partial charge in [-0.3, -0.25) is 14.6 Å². The lowest BCUT2D eigenvalue weighted by Gasteiger charge is -2.39. The predicted octanol–water partition coefficient (Wildman–Crippen LogP) is 3.39. The van der Waals surface area contributed by atoms with Crippen LogP contribution >= 0.6 is 0 Å². The Morgan fingerprint density at radius 3 is 2.52 bits per heavy atom. The smallest absolute Gasteiger partial charge is 0.231 e. The van der Waals surface area contributed by atoms with Crippen molar-refractivity contribution in [1.29, 1.82) is 0 Å². The maximum atomic E-state index is 14.1. The minimum Gasteiger partial charge on any atom is -0.454 e. The van der Waals surface area contributed by atoms with E-state index in [9.17, 15) is 13.6 Å². The maximum Gasteiger partial charge on any atom is 0.231 e. The number of nitrogens with zero attached hydrogens (tertiary/aromatic N) is 3. The van der Waals surface area contributed by atoms with Crippen LogP contribution in [0.25, 0.3) is 0 Å². The minimum atomic E-state index is -0.601. The average Bonchev–Trinajstić information content (AvgIpc) is 3.20. The van der Waals surface area contributed by atoms with E-state index in [1.165, 1.54) is 17.7 Å². The Morgan fingerprint density at radius 1 is 0.879 bits per heavy atom. The molecule has 8 heteroatoms. The summed E-state index contributed by atoms with van der Waals surface area (Å²) < 4.78 is 38.1. The second-order valence-corrected chi connectivity index (χ2v) is 9.03. The van der Waals surface area contributed by atoms with Gasteiger partial charge in [0.05, 0.1) is 0 Å². The van der Waals surface area contributed by atoms with Gasteiger partial charge >= 0.3 is 0 Å². The first-order valence-electron chi connectivity index (χ1n) is 11.6. The predicted molar refractivity (Wildman–Crippen MR) is 119 cm³/mol. The molecule has 3 heterocycles. The molecule has 6 nitrogen and oxygen atoms in total. The van der Waals surface area contributed by atoms with Crippen LogP contribution < -0.4 is 9.47 Å². The molecule has 176 valence electrons. The Bertz CT molecular complexity index is 1010. The number of benzene rings is 2. The third kappa shape index (κ3) is 5.12. The van der Waals surface area contributed by atoms with Gasteiger partial charge in [0.1, 0.15) is 11.6 Å². The van der Waals surface area contributed by atoms with Crippen LogP contribution in [0.4, 0.5) is 8.78 Å². The zero-order chi connectivity index (χ0) is 22.8. The largest absolute Gasteiger partial charge is 0.454 e. The van der Waals surface area contributed by atoms with Gasteiger partial charge in [0.25, 0.3) is 0 Å². The van der Waals surface area contributed by atoms with Crippen molar-refractivity contribution in [3.63, 3.8) is 0 Å². The molecule has 5 rings (SSSR count). The molecule has 0 N–H and O–H groups in total. The molecular formula is C25H29F2N3O3. The number of ether oxygens (including phenoxy) is 2. The number of carbonyl (C=O) groups is 1. The molecule has 0 saturated carbocycles. The van der Waals surface area contributed by atoms with E-state index < -0.39 is 11.6 Å². The highest BCUT2D eigenvalue weighted by Gasteiger charge is 2.29. The minimum absolute atomic E-state index is 0.0441. The van der Waals surface area contributed by atoms with E-state index in [1.54, 1.807) is 4.90 Å². The molecule has 0 radical (unpaired) electrons. The molecule has 2 aromatic carbocycles. The molecule has 2 aromatic rings. The molecule has 1 amide bonds. The van der Waals surface area contributed by atoms with Crippen molar-refractivity contribution in [2.45, 2.75) is 38.4 Å². The molecule has 0 aliphatic carbocycles. The summed E-state index contributed by atoms with van der Waals surface area (Å²) in [5.74, 6) is 0.475. The summed E-state index contributed by atoms with van der Waals surface area (Å²) in [5.41, 5.74) is 1.58. The first kappa shape index (κ1) is 22.1. The number of halogens is 2. The van der Waals surface area contributed by atoms with Gasteiger partial charge in [0, 0.05) is 69.9 Å². The molecule has 0 spiro atoms. The fourth-order valence-electron chi connectivity index (χ4n) is 4.99. The Morgan fingerprint density at radius 2 is 1.70 bits per heavy atom. The van der Waals surface area contributed by atoms with Gasteiger partial charge in [-0.2, -0.15) is 0 Å². The number of hydrogen-bond acceptors (Lipinski definition) is 5. The van der Waals surface area contributed by atoms with E-state index >= 15 is 0 Å². The standard InChI is InChI=1S/C25H29F2N3O3/c26-20-3-2-19(22(27)14-20)16-30-8-7-21(4-6-25(30)31)29-11-9-28(10-12-29)15-18-1-5-23-24(13-18)33-17-32-23/h1-3,5,13-14,21H,4,6-12,15-17H2/t21-/m0/s1. The number of carbonyl (C=O) groups excluding carboxylic acids is 1. The Kier molecular flexibility index (Phi) is 6.46. The van der Waals surface area contributed by atoms with Crippen LogP contribution in [0.2, 0.25) is 0 Å². The van der Waals surface area contributed by atoms with Gasteiger partial charge in [0.15, 0.2) is 11.5 Å². The first-order valence-corrected chi connectivity index (χ1v) is 11.6. The van der Waals surface area contributed by atoms with Crippen LogP contribution in [0.5, 0.6) is 11.5 Å². The number of likely N-dealkylation sites (tertiary alicyclic amines) is 1. The van der Waals surface area contributed by atoms with Crippen LogP contribution in [0.1, 0.15) is 30.4 Å². The number of amides is 1. The SMILES string of the molecule is O=C1CC[C@H](N2CCN(Cc3ccc4c(c3)OCO4)CC2)CCN1Cc1ccc(F)cc1F. The molecule has 3 aliphatic rings. The third-order valence-corrected chi connectivity index (χ3v) is 6.92. The van der Waals surface area contributed by atoms with Crippen molar-refractivity contribution in [1.82, 2.24) is 14.7 Å². The van der Waals surface area contributed by atoms with E-state index in [1.807, 2.05) is 6.07 Å². The van der Waals surface area contributed by atoms with Gasteiger partial charge in [-0.1, -0.05) is 12.1 Å². The van der Waals surface area contributed by atoms with Gasteiger partial charge < -0.3 is 14.4 Å². The topological polar surface area (TPSA) is 45.3 Å². The summed E-state index contributed by atoms with van der Waals surface area (Å²) in [7, 11) is 0. The van der Waals surface area contributed by atoms with E-state index in [4.69, 9.17) is 9.47 Å². The van der Waals surface area contributed by atoms with E-state index in [0.717, 1.165) is 63.1 Å². The quantitative estimate of drug-likeness (QED) is 0.689. The molecule has 0 aromatic heterocycles. The van der Waals surface area contributed by atoms with E-state index in [-0.39, 0.29) is 19.2 Å². The first-order chi connectivity index (χ1) is 16.0. The highest BCUT2D eigenvalue weighted by atomic mass is 19.1. The fraction of sp³-hybridized carbons (Fsp3) is 0.480. The monoisotopic (exact) mass is 457 g/mol. The second-order valence-electron chi connectivity index (χ2n) is 9.03. The van der Waals surface area contributed by atoms with Crippen LogP contribution in [-0.4, -0.2) is 66.2 Å². The summed E-state index contributed by atoms with van der Waals surface area (Å²) in [6.07, 6.45) is 2.16. The van der Waals surface area contributed by atoms with Crippen molar-refractivity contribution in [2.24, 2.45) is 0 Å². The molecule has 3 aliphatic heterocycles. The average molecular weight is 458 g/mol. The van der Waals surface area contributed by atoms with E-state index in [2.05, 4.69) is 21.9 Å². The van der Waals surface area contributed by atoms with E-state index in [0.29, 0.717) is 24.6 Å². The zero-order valence-corrected chi connectivity index (χ0v) is 18.6. The number of rotatable bonds is 5. The maximum absolute atomic E-state index is 14.1. The zero-order valence-electron chi connectivity index (χ0n) is 18.6. The highest BCUT2D eigenvalue weighted by molar-refractivity contribution is 5.76. The van der Waals surface area contributed by atoms with Gasteiger partial charge in [-0.05, 0) is 36.6 Å². The van der Waals surface area contributed by atoms with Crippen molar-refractivity contribution >= 4 is 5.91 Å². The van der Waals surface area contributed by atoms with Crippen LogP contribution in [-0.2, 0) is 17.9 Å². The number of fused-ring (bicyclic) bond motifs is 1. The van der Waals surface area contributed by atoms with Gasteiger partial charge in [0.2, 0.25) is 12.7 Å². The number of hydrogen-bond donors (Lipinski definition) is 0.